The zero-order valence-electron chi connectivity index (χ0n) is 24.3. The number of hydrogen-bond acceptors (Lipinski definition) is 6. The van der Waals surface area contributed by atoms with Gasteiger partial charge in [-0.05, 0) is 82.0 Å². The molecule has 0 radical (unpaired) electrons. The van der Waals surface area contributed by atoms with Gasteiger partial charge >= 0.3 is 6.09 Å². The molecule has 0 aliphatic rings. The summed E-state index contributed by atoms with van der Waals surface area (Å²) >= 11 is 0. The average Bonchev–Trinajstić information content (AvgIpc) is 2.80. The highest BCUT2D eigenvalue weighted by atomic mass is 16.6. The van der Waals surface area contributed by atoms with E-state index in [-0.39, 0.29) is 23.2 Å². The van der Waals surface area contributed by atoms with E-state index in [0.717, 1.165) is 11.1 Å². The average molecular weight is 535 g/mol. The van der Waals surface area contributed by atoms with E-state index >= 15 is 0 Å². The van der Waals surface area contributed by atoms with Crippen LogP contribution in [0.2, 0.25) is 0 Å². The predicted octanol–water partition coefficient (Wildman–Crippen LogP) is 6.21. The molecule has 39 heavy (non-hydrogen) atoms. The summed E-state index contributed by atoms with van der Waals surface area (Å²) in [7, 11) is 0. The number of alkyl carbamates (subject to hydrolysis) is 1. The van der Waals surface area contributed by atoms with Crippen LogP contribution in [0.1, 0.15) is 61.0 Å². The van der Waals surface area contributed by atoms with E-state index in [2.05, 4.69) is 55.5 Å². The third-order valence-electron chi connectivity index (χ3n) is 5.73. The van der Waals surface area contributed by atoms with Crippen LogP contribution in [0.4, 0.5) is 16.3 Å². The lowest BCUT2D eigenvalue weighted by atomic mass is 9.88. The molecule has 2 amide bonds. The molecule has 1 aromatic carbocycles. The first kappa shape index (κ1) is 31.2. The van der Waals surface area contributed by atoms with Crippen LogP contribution in [0.25, 0.3) is 11.3 Å². The van der Waals surface area contributed by atoms with E-state index in [0.29, 0.717) is 29.4 Å². The number of benzene rings is 1. The fourth-order valence-electron chi connectivity index (χ4n) is 3.32. The Balaban J connectivity index is 2.33. The van der Waals surface area contributed by atoms with Gasteiger partial charge in [-0.1, -0.05) is 39.5 Å². The minimum Gasteiger partial charge on any atom is -0.444 e. The number of carbonyl (C=O) groups is 2. The molecule has 0 saturated carbocycles. The van der Waals surface area contributed by atoms with E-state index in [9.17, 15) is 9.59 Å². The van der Waals surface area contributed by atoms with Crippen molar-refractivity contribution in [2.75, 3.05) is 10.6 Å². The number of amidine groups is 1. The lowest BCUT2D eigenvalue weighted by Crippen LogP contribution is -2.37. The molecular weight excluding hydrogens is 492 g/mol. The van der Waals surface area contributed by atoms with Crippen LogP contribution in [-0.2, 0) is 16.1 Å². The highest BCUT2D eigenvalue weighted by molar-refractivity contribution is 6.02. The molecular formula is C30H42N6O3. The van der Waals surface area contributed by atoms with Crippen molar-refractivity contribution in [3.05, 3.63) is 66.4 Å². The van der Waals surface area contributed by atoms with Gasteiger partial charge in [-0.2, -0.15) is 0 Å². The van der Waals surface area contributed by atoms with Gasteiger partial charge in [0.15, 0.2) is 0 Å². The second kappa shape index (κ2) is 13.2. The van der Waals surface area contributed by atoms with Crippen molar-refractivity contribution < 1.29 is 14.3 Å². The number of hydrogen-bond donors (Lipinski definition) is 5. The lowest BCUT2D eigenvalue weighted by Gasteiger charge is -2.28. The van der Waals surface area contributed by atoms with E-state index in [1.165, 1.54) is 12.2 Å². The van der Waals surface area contributed by atoms with Crippen LogP contribution in [0.5, 0.6) is 0 Å². The molecule has 210 valence electrons. The first-order valence-electron chi connectivity index (χ1n) is 12.9. The van der Waals surface area contributed by atoms with Crippen molar-refractivity contribution >= 4 is 29.3 Å². The highest BCUT2D eigenvalue weighted by Gasteiger charge is 2.20. The maximum absolute atomic E-state index is 12.1. The molecule has 0 spiro atoms. The zero-order chi connectivity index (χ0) is 29.4. The van der Waals surface area contributed by atoms with Crippen molar-refractivity contribution in [2.45, 2.75) is 73.6 Å². The van der Waals surface area contributed by atoms with Gasteiger partial charge < -0.3 is 20.7 Å². The van der Waals surface area contributed by atoms with Gasteiger partial charge in [0.25, 0.3) is 0 Å². The quantitative estimate of drug-likeness (QED) is 0.148. The van der Waals surface area contributed by atoms with Crippen LogP contribution >= 0.6 is 0 Å². The molecule has 0 aliphatic carbocycles. The van der Waals surface area contributed by atoms with Crippen molar-refractivity contribution in [3.8, 4) is 11.3 Å². The fourth-order valence-corrected chi connectivity index (χ4v) is 3.32. The summed E-state index contributed by atoms with van der Waals surface area (Å²) in [6.07, 6.45) is 2.12. The van der Waals surface area contributed by atoms with Crippen LogP contribution in [0.15, 0.2) is 60.8 Å². The topological polar surface area (TPSA) is 128 Å². The van der Waals surface area contributed by atoms with E-state index in [1.807, 2.05) is 30.3 Å². The summed E-state index contributed by atoms with van der Waals surface area (Å²) in [5.41, 5.74) is 2.98. The molecule has 5 N–H and O–H groups in total. The van der Waals surface area contributed by atoms with Crippen LogP contribution < -0.4 is 21.3 Å². The SMILES string of the molecule is C=CC(=O)Nc1cccc(-c2cc(CNC(C)C(C)(C)C)cc(NC(=N)/C=C(/C)NC(=O)OC(C)(C)C)n2)c1. The Morgan fingerprint density at radius 2 is 1.79 bits per heavy atom. The van der Waals surface area contributed by atoms with E-state index < -0.39 is 11.7 Å². The summed E-state index contributed by atoms with van der Waals surface area (Å²) in [5, 5.41) is 20.4. The molecule has 0 fully saturated rings. The third-order valence-corrected chi connectivity index (χ3v) is 5.73. The van der Waals surface area contributed by atoms with Gasteiger partial charge in [0, 0.05) is 29.5 Å². The number of rotatable bonds is 9. The Bertz CT molecular complexity index is 1240. The summed E-state index contributed by atoms with van der Waals surface area (Å²) in [6, 6.07) is 11.5. The summed E-state index contributed by atoms with van der Waals surface area (Å²) in [5.74, 6) is 0.217. The van der Waals surface area contributed by atoms with Gasteiger partial charge in [0.2, 0.25) is 5.91 Å². The number of pyridine rings is 1. The molecule has 0 bridgehead atoms. The fraction of sp³-hybridized carbons (Fsp3) is 0.400. The minimum absolute atomic E-state index is 0.0437. The first-order chi connectivity index (χ1) is 18.1. The maximum atomic E-state index is 12.1. The van der Waals surface area contributed by atoms with Gasteiger partial charge in [0.1, 0.15) is 17.3 Å². The number of allylic oxidation sites excluding steroid dienone is 1. The number of aromatic nitrogens is 1. The molecule has 0 saturated heterocycles. The Morgan fingerprint density at radius 1 is 1.10 bits per heavy atom. The molecule has 1 atom stereocenters. The molecule has 1 aromatic heterocycles. The Hall–Kier alpha value is -3.98. The second-order valence-corrected chi connectivity index (χ2v) is 11.5. The van der Waals surface area contributed by atoms with Crippen molar-refractivity contribution in [1.29, 1.82) is 5.41 Å². The smallest absolute Gasteiger partial charge is 0.411 e. The molecule has 1 unspecified atom stereocenters. The minimum atomic E-state index is -0.624. The van der Waals surface area contributed by atoms with Gasteiger partial charge in [-0.15, -0.1) is 0 Å². The van der Waals surface area contributed by atoms with Gasteiger partial charge in [0.05, 0.1) is 5.69 Å². The predicted molar refractivity (Wildman–Crippen MR) is 159 cm³/mol. The Kier molecular flexibility index (Phi) is 10.6. The van der Waals surface area contributed by atoms with Crippen LogP contribution in [0.3, 0.4) is 0 Å². The number of ether oxygens (including phenoxy) is 1. The van der Waals surface area contributed by atoms with Gasteiger partial charge in [-0.25, -0.2) is 9.78 Å². The number of nitrogens with zero attached hydrogens (tertiary/aromatic N) is 1. The molecule has 9 heteroatoms. The number of nitrogens with one attached hydrogen (secondary N) is 5. The zero-order valence-corrected chi connectivity index (χ0v) is 24.3. The summed E-state index contributed by atoms with van der Waals surface area (Å²) in [6.45, 7) is 19.8. The lowest BCUT2D eigenvalue weighted by molar-refractivity contribution is -0.111. The van der Waals surface area contributed by atoms with Crippen molar-refractivity contribution in [3.63, 3.8) is 0 Å². The van der Waals surface area contributed by atoms with Gasteiger partial charge in [-0.3, -0.25) is 15.5 Å². The largest absolute Gasteiger partial charge is 0.444 e. The van der Waals surface area contributed by atoms with Crippen molar-refractivity contribution in [1.82, 2.24) is 15.6 Å². The van der Waals surface area contributed by atoms with Crippen molar-refractivity contribution in [2.24, 2.45) is 5.41 Å². The Labute approximate surface area is 232 Å². The molecule has 2 aromatic rings. The maximum Gasteiger partial charge on any atom is 0.411 e. The number of anilines is 2. The molecule has 9 nitrogen and oxygen atoms in total. The van der Waals surface area contributed by atoms with Crippen LogP contribution in [0, 0.1) is 10.8 Å². The Morgan fingerprint density at radius 3 is 2.41 bits per heavy atom. The third kappa shape index (κ3) is 11.1. The molecule has 1 heterocycles. The second-order valence-electron chi connectivity index (χ2n) is 11.5. The monoisotopic (exact) mass is 534 g/mol. The van der Waals surface area contributed by atoms with E-state index in [1.54, 1.807) is 33.8 Å². The molecule has 2 rings (SSSR count). The number of carbonyl (C=O) groups excluding carboxylic acids is 2. The highest BCUT2D eigenvalue weighted by Crippen LogP contribution is 2.25. The molecule has 0 aliphatic heterocycles. The first-order valence-corrected chi connectivity index (χ1v) is 12.9. The van der Waals surface area contributed by atoms with E-state index in [4.69, 9.17) is 15.1 Å². The van der Waals surface area contributed by atoms with Crippen LogP contribution in [-0.4, -0.2) is 34.5 Å². The number of amides is 2. The standard InChI is InChI=1S/C30H42N6O3/c1-10-27(37)34-23-13-11-12-22(17-23)24-15-21(18-32-20(3)29(4,5)6)16-26(35-24)36-25(31)14-19(2)33-28(38)39-30(7,8)9/h10-17,20,32H,1,18H2,2-9H3,(H,33,38)(H,34,37)(H2,31,35,36)/b19-14-. The summed E-state index contributed by atoms with van der Waals surface area (Å²) in [4.78, 5) is 28.6. The normalized spacial score (nSPS) is 12.8. The summed E-state index contributed by atoms with van der Waals surface area (Å²) < 4.78 is 5.27.